The van der Waals surface area contributed by atoms with E-state index < -0.39 is 0 Å². The average molecular weight is 140 g/mol. The Labute approximate surface area is 59.9 Å². The molecule has 0 unspecified atom stereocenters. The van der Waals surface area contributed by atoms with Crippen molar-refractivity contribution in [2.75, 3.05) is 12.3 Å². The quantitative estimate of drug-likeness (QED) is 0.558. The predicted octanol–water partition coefficient (Wildman–Crippen LogP) is 0.440. The topological polar surface area (TPSA) is 62.0 Å². The number of aromatic amines is 1. The lowest BCUT2D eigenvalue weighted by Crippen LogP contribution is -1.91. The molecule has 0 amide bonds. The number of aliphatic hydroxyl groups excluding tert-OH is 1. The second-order valence-corrected chi connectivity index (χ2v) is 2.36. The molecule has 10 heavy (non-hydrogen) atoms. The third-order valence-electron chi connectivity index (χ3n) is 1.49. The van der Waals surface area contributed by atoms with Gasteiger partial charge in [0.1, 0.15) is 5.82 Å². The number of hydrogen-bond acceptors (Lipinski definition) is 2. The molecule has 0 saturated carbocycles. The summed E-state index contributed by atoms with van der Waals surface area (Å²) in [5.74, 6) is 0.698. The normalized spacial score (nSPS) is 10.2. The highest BCUT2D eigenvalue weighted by Gasteiger charge is 1.98. The predicted molar refractivity (Wildman–Crippen MR) is 40.7 cm³/mol. The highest BCUT2D eigenvalue weighted by Crippen LogP contribution is 2.10. The van der Waals surface area contributed by atoms with Crippen LogP contribution in [-0.4, -0.2) is 16.7 Å². The van der Waals surface area contributed by atoms with Crippen molar-refractivity contribution in [1.29, 1.82) is 0 Å². The van der Waals surface area contributed by atoms with Crippen molar-refractivity contribution in [3.63, 3.8) is 0 Å². The van der Waals surface area contributed by atoms with Gasteiger partial charge in [-0.05, 0) is 18.6 Å². The molecular formula is C7H12N2O. The van der Waals surface area contributed by atoms with Crippen molar-refractivity contribution < 1.29 is 5.11 Å². The lowest BCUT2D eigenvalue weighted by atomic mass is 10.3. The van der Waals surface area contributed by atoms with Gasteiger partial charge in [0.2, 0.25) is 0 Å². The molecule has 0 aliphatic carbocycles. The fourth-order valence-electron chi connectivity index (χ4n) is 0.902. The zero-order valence-corrected chi connectivity index (χ0v) is 6.02. The maximum Gasteiger partial charge on any atom is 0.103 e. The summed E-state index contributed by atoms with van der Waals surface area (Å²) in [6, 6.07) is 1.95. The summed E-state index contributed by atoms with van der Waals surface area (Å²) in [5.41, 5.74) is 7.58. The number of aromatic nitrogens is 1. The first-order valence-corrected chi connectivity index (χ1v) is 3.29. The average Bonchev–Trinajstić information content (AvgIpc) is 2.14. The number of aliphatic hydroxyl groups is 1. The van der Waals surface area contributed by atoms with Crippen LogP contribution in [0.5, 0.6) is 0 Å². The van der Waals surface area contributed by atoms with Crippen LogP contribution in [0.4, 0.5) is 5.82 Å². The number of hydrogen-bond donors (Lipinski definition) is 3. The van der Waals surface area contributed by atoms with Crippen LogP contribution in [-0.2, 0) is 6.42 Å². The Hall–Kier alpha value is -0.960. The fourth-order valence-corrected chi connectivity index (χ4v) is 0.902. The van der Waals surface area contributed by atoms with Crippen molar-refractivity contribution >= 4 is 5.82 Å². The number of anilines is 1. The van der Waals surface area contributed by atoms with Crippen molar-refractivity contribution in [3.05, 3.63) is 17.3 Å². The third-order valence-corrected chi connectivity index (χ3v) is 1.49. The molecule has 1 aromatic rings. The molecule has 1 heterocycles. The molecule has 0 aliphatic rings. The number of aryl methyl sites for hydroxylation is 1. The van der Waals surface area contributed by atoms with E-state index in [4.69, 9.17) is 10.8 Å². The molecule has 0 fully saturated rings. The third kappa shape index (κ3) is 1.30. The largest absolute Gasteiger partial charge is 0.396 e. The van der Waals surface area contributed by atoms with Gasteiger partial charge in [-0.25, -0.2) is 0 Å². The molecule has 56 valence electrons. The number of nitrogens with one attached hydrogen (secondary N) is 1. The minimum Gasteiger partial charge on any atom is -0.396 e. The summed E-state index contributed by atoms with van der Waals surface area (Å²) in [4.78, 5) is 2.96. The van der Waals surface area contributed by atoms with E-state index in [2.05, 4.69) is 4.98 Å². The molecule has 1 rings (SSSR count). The maximum absolute atomic E-state index is 8.56. The van der Waals surface area contributed by atoms with Crippen LogP contribution in [0.25, 0.3) is 0 Å². The summed E-state index contributed by atoms with van der Waals surface area (Å²) < 4.78 is 0. The van der Waals surface area contributed by atoms with Gasteiger partial charge in [-0.1, -0.05) is 0 Å². The van der Waals surface area contributed by atoms with E-state index in [1.807, 2.05) is 13.0 Å². The molecule has 0 spiro atoms. The lowest BCUT2D eigenvalue weighted by molar-refractivity contribution is 0.298. The summed E-state index contributed by atoms with van der Waals surface area (Å²) in [7, 11) is 0. The van der Waals surface area contributed by atoms with Crippen LogP contribution in [0.1, 0.15) is 11.3 Å². The van der Waals surface area contributed by atoms with E-state index in [0.29, 0.717) is 12.2 Å². The first kappa shape index (κ1) is 7.15. The zero-order chi connectivity index (χ0) is 7.56. The number of rotatable bonds is 2. The number of H-pyrrole nitrogens is 1. The first-order chi connectivity index (χ1) is 4.74. The zero-order valence-electron chi connectivity index (χ0n) is 6.02. The van der Waals surface area contributed by atoms with Crippen LogP contribution in [0.3, 0.4) is 0 Å². The van der Waals surface area contributed by atoms with Gasteiger partial charge < -0.3 is 15.8 Å². The lowest BCUT2D eigenvalue weighted by Gasteiger charge is -1.89. The second kappa shape index (κ2) is 2.75. The van der Waals surface area contributed by atoms with E-state index >= 15 is 0 Å². The van der Waals surface area contributed by atoms with Crippen molar-refractivity contribution in [1.82, 2.24) is 4.98 Å². The summed E-state index contributed by atoms with van der Waals surface area (Å²) in [6.07, 6.45) is 0.651. The Balaban J connectivity index is 2.77. The Kier molecular flexibility index (Phi) is 1.97. The van der Waals surface area contributed by atoms with Gasteiger partial charge in [0.05, 0.1) is 0 Å². The van der Waals surface area contributed by atoms with Gasteiger partial charge in [0.15, 0.2) is 0 Å². The molecule has 0 aliphatic heterocycles. The maximum atomic E-state index is 8.56. The van der Waals surface area contributed by atoms with Gasteiger partial charge in [0.25, 0.3) is 0 Å². The summed E-state index contributed by atoms with van der Waals surface area (Å²) in [5, 5.41) is 8.56. The first-order valence-electron chi connectivity index (χ1n) is 3.29. The van der Waals surface area contributed by atoms with Crippen LogP contribution in [0.15, 0.2) is 6.07 Å². The molecular weight excluding hydrogens is 128 g/mol. The molecule has 3 heteroatoms. The second-order valence-electron chi connectivity index (χ2n) is 2.36. The van der Waals surface area contributed by atoms with Crippen molar-refractivity contribution in [2.24, 2.45) is 0 Å². The fraction of sp³-hybridized carbons (Fsp3) is 0.429. The molecule has 1 aromatic heterocycles. The summed E-state index contributed by atoms with van der Waals surface area (Å²) >= 11 is 0. The van der Waals surface area contributed by atoms with E-state index in [9.17, 15) is 0 Å². The standard InChI is InChI=1S/C7H12N2O/c1-5-4-6(2-3-10)9-7(5)8/h4,9-10H,2-3,8H2,1H3. The van der Waals surface area contributed by atoms with E-state index in [1.165, 1.54) is 0 Å². The van der Waals surface area contributed by atoms with Crippen molar-refractivity contribution in [3.8, 4) is 0 Å². The number of nitrogens with two attached hydrogens (primary N) is 1. The van der Waals surface area contributed by atoms with Crippen LogP contribution < -0.4 is 5.73 Å². The number of nitrogen functional groups attached to an aromatic ring is 1. The minimum atomic E-state index is 0.166. The van der Waals surface area contributed by atoms with Crippen molar-refractivity contribution in [2.45, 2.75) is 13.3 Å². The van der Waals surface area contributed by atoms with E-state index in [0.717, 1.165) is 11.3 Å². The Bertz CT molecular complexity index is 198. The van der Waals surface area contributed by atoms with Gasteiger partial charge in [0, 0.05) is 18.7 Å². The molecule has 0 radical (unpaired) electrons. The van der Waals surface area contributed by atoms with Crippen LogP contribution >= 0.6 is 0 Å². The monoisotopic (exact) mass is 140 g/mol. The molecule has 0 saturated heterocycles. The van der Waals surface area contributed by atoms with E-state index in [-0.39, 0.29) is 6.61 Å². The molecule has 0 atom stereocenters. The molecule has 4 N–H and O–H groups in total. The molecule has 3 nitrogen and oxygen atoms in total. The smallest absolute Gasteiger partial charge is 0.103 e. The Morgan fingerprint density at radius 3 is 2.80 bits per heavy atom. The van der Waals surface area contributed by atoms with Gasteiger partial charge in [-0.2, -0.15) is 0 Å². The molecule has 0 bridgehead atoms. The highest BCUT2D eigenvalue weighted by molar-refractivity contribution is 5.41. The Morgan fingerprint density at radius 1 is 1.70 bits per heavy atom. The van der Waals surface area contributed by atoms with E-state index in [1.54, 1.807) is 0 Å². The van der Waals surface area contributed by atoms with Crippen LogP contribution in [0, 0.1) is 6.92 Å². The molecule has 0 aromatic carbocycles. The summed E-state index contributed by atoms with van der Waals surface area (Å²) in [6.45, 7) is 2.10. The van der Waals surface area contributed by atoms with Gasteiger partial charge in [-0.15, -0.1) is 0 Å². The van der Waals surface area contributed by atoms with Gasteiger partial charge >= 0.3 is 0 Å². The van der Waals surface area contributed by atoms with Crippen LogP contribution in [0.2, 0.25) is 0 Å². The van der Waals surface area contributed by atoms with Gasteiger partial charge in [-0.3, -0.25) is 0 Å². The highest BCUT2D eigenvalue weighted by atomic mass is 16.3. The minimum absolute atomic E-state index is 0.166. The SMILES string of the molecule is Cc1cc(CCO)[nH]c1N. The Morgan fingerprint density at radius 2 is 2.40 bits per heavy atom.